The monoisotopic (exact) mass is 368 g/mol. The van der Waals surface area contributed by atoms with Crippen LogP contribution < -0.4 is 15.4 Å². The summed E-state index contributed by atoms with van der Waals surface area (Å²) in [4.78, 5) is 42.0. The molecule has 1 saturated heterocycles. The Balaban J connectivity index is 1.58. The van der Waals surface area contributed by atoms with E-state index < -0.39 is 18.0 Å². The minimum atomic E-state index is -0.879. The molecule has 1 atom stereocenters. The maximum atomic E-state index is 12.5. The van der Waals surface area contributed by atoms with Crippen LogP contribution in [0.5, 0.6) is 5.75 Å². The molecule has 8 nitrogen and oxygen atoms in total. The first kappa shape index (κ1) is 18.4. The van der Waals surface area contributed by atoms with Crippen LogP contribution >= 0.6 is 0 Å². The van der Waals surface area contributed by atoms with Gasteiger partial charge in [0.2, 0.25) is 5.91 Å². The van der Waals surface area contributed by atoms with E-state index in [-0.39, 0.29) is 25.4 Å². The third-order valence-corrected chi connectivity index (χ3v) is 4.21. The average molecular weight is 368 g/mol. The van der Waals surface area contributed by atoms with Crippen LogP contribution in [0.15, 0.2) is 48.7 Å². The van der Waals surface area contributed by atoms with Gasteiger partial charge in [-0.05, 0) is 18.2 Å². The van der Waals surface area contributed by atoms with Crippen LogP contribution in [-0.2, 0) is 22.7 Å². The molecule has 2 N–H and O–H groups in total. The molecule has 4 amide bonds. The van der Waals surface area contributed by atoms with E-state index in [2.05, 4.69) is 15.6 Å². The van der Waals surface area contributed by atoms with Gasteiger partial charge in [-0.3, -0.25) is 19.5 Å². The number of nitrogens with zero attached hydrogens (tertiary/aromatic N) is 2. The van der Waals surface area contributed by atoms with Crippen LogP contribution in [0, 0.1) is 0 Å². The number of nitrogens with one attached hydrogen (secondary N) is 2. The van der Waals surface area contributed by atoms with Crippen molar-refractivity contribution in [1.29, 1.82) is 0 Å². The second-order valence-corrected chi connectivity index (χ2v) is 6.04. The molecule has 0 bridgehead atoms. The van der Waals surface area contributed by atoms with E-state index in [0.717, 1.165) is 4.90 Å². The van der Waals surface area contributed by atoms with Crippen molar-refractivity contribution in [3.8, 4) is 5.75 Å². The van der Waals surface area contributed by atoms with Gasteiger partial charge in [-0.25, -0.2) is 4.79 Å². The highest BCUT2D eigenvalue weighted by atomic mass is 16.5. The maximum Gasteiger partial charge on any atom is 0.325 e. The number of para-hydroxylation sites is 1. The standard InChI is InChI=1S/C19H20N4O4/c1-27-16-8-3-2-6-13(16)12-23-18(25)15(22-19(23)26)10-17(24)21-11-14-7-4-5-9-20-14/h2-9,15H,10-12H2,1H3,(H,21,24)(H,22,26)/t15-/m1/s1. The van der Waals surface area contributed by atoms with Gasteiger partial charge >= 0.3 is 6.03 Å². The number of imide groups is 1. The SMILES string of the molecule is COc1ccccc1CN1C(=O)N[C@H](CC(=O)NCc2ccccn2)C1=O. The van der Waals surface area contributed by atoms with Crippen molar-refractivity contribution in [1.82, 2.24) is 20.5 Å². The number of aromatic nitrogens is 1. The number of methoxy groups -OCH3 is 1. The molecule has 0 aliphatic carbocycles. The molecule has 1 aliphatic heterocycles. The number of pyridine rings is 1. The molecule has 0 saturated carbocycles. The van der Waals surface area contributed by atoms with Crippen molar-refractivity contribution in [2.75, 3.05) is 7.11 Å². The summed E-state index contributed by atoms with van der Waals surface area (Å²) < 4.78 is 5.25. The Morgan fingerprint density at radius 3 is 2.74 bits per heavy atom. The Morgan fingerprint density at radius 1 is 1.22 bits per heavy atom. The summed E-state index contributed by atoms with van der Waals surface area (Å²) >= 11 is 0. The number of urea groups is 1. The molecule has 2 aromatic rings. The molecule has 1 aliphatic rings. The van der Waals surface area contributed by atoms with E-state index in [0.29, 0.717) is 17.0 Å². The van der Waals surface area contributed by atoms with Crippen molar-refractivity contribution in [3.63, 3.8) is 0 Å². The van der Waals surface area contributed by atoms with Crippen molar-refractivity contribution in [2.24, 2.45) is 0 Å². The Bertz CT molecular complexity index is 841. The minimum absolute atomic E-state index is 0.0841. The summed E-state index contributed by atoms with van der Waals surface area (Å²) in [6.45, 7) is 0.347. The lowest BCUT2D eigenvalue weighted by Gasteiger charge is -2.15. The predicted octanol–water partition coefficient (Wildman–Crippen LogP) is 1.22. The minimum Gasteiger partial charge on any atom is -0.496 e. The molecule has 140 valence electrons. The van der Waals surface area contributed by atoms with Gasteiger partial charge in [-0.2, -0.15) is 0 Å². The van der Waals surface area contributed by atoms with Gasteiger partial charge in [0.1, 0.15) is 11.8 Å². The van der Waals surface area contributed by atoms with Crippen molar-refractivity contribution < 1.29 is 19.1 Å². The first-order valence-corrected chi connectivity index (χ1v) is 8.49. The second-order valence-electron chi connectivity index (χ2n) is 6.04. The molecular weight excluding hydrogens is 348 g/mol. The molecule has 3 rings (SSSR count). The number of hydrogen-bond donors (Lipinski definition) is 2. The molecule has 27 heavy (non-hydrogen) atoms. The van der Waals surface area contributed by atoms with Gasteiger partial charge in [-0.15, -0.1) is 0 Å². The Hall–Kier alpha value is -3.42. The second kappa shape index (κ2) is 8.31. The van der Waals surface area contributed by atoms with Gasteiger partial charge in [0.25, 0.3) is 5.91 Å². The molecule has 1 aromatic carbocycles. The first-order valence-electron chi connectivity index (χ1n) is 8.49. The zero-order valence-electron chi connectivity index (χ0n) is 14.8. The van der Waals surface area contributed by atoms with E-state index >= 15 is 0 Å². The smallest absolute Gasteiger partial charge is 0.325 e. The van der Waals surface area contributed by atoms with Crippen LogP contribution in [0.3, 0.4) is 0 Å². The number of amides is 4. The number of ether oxygens (including phenoxy) is 1. The highest BCUT2D eigenvalue weighted by molar-refractivity contribution is 6.05. The first-order chi connectivity index (χ1) is 13.1. The van der Waals surface area contributed by atoms with Crippen LogP contribution in [0.25, 0.3) is 0 Å². The maximum absolute atomic E-state index is 12.5. The Labute approximate surface area is 156 Å². The van der Waals surface area contributed by atoms with Gasteiger partial charge in [0, 0.05) is 11.8 Å². The quantitative estimate of drug-likeness (QED) is 0.716. The number of benzene rings is 1. The lowest BCUT2D eigenvalue weighted by Crippen LogP contribution is -2.36. The molecule has 2 heterocycles. The van der Waals surface area contributed by atoms with Crippen LogP contribution in [0.2, 0.25) is 0 Å². The lowest BCUT2D eigenvalue weighted by molar-refractivity contribution is -0.131. The molecule has 8 heteroatoms. The van der Waals surface area contributed by atoms with E-state index in [9.17, 15) is 14.4 Å². The number of carbonyl (C=O) groups excluding carboxylic acids is 3. The summed E-state index contributed by atoms with van der Waals surface area (Å²) in [6.07, 6.45) is 1.51. The molecule has 0 spiro atoms. The highest BCUT2D eigenvalue weighted by Gasteiger charge is 2.39. The fourth-order valence-corrected chi connectivity index (χ4v) is 2.82. The topological polar surface area (TPSA) is 101 Å². The largest absolute Gasteiger partial charge is 0.496 e. The molecular formula is C19H20N4O4. The van der Waals surface area contributed by atoms with Gasteiger partial charge in [0.05, 0.1) is 32.3 Å². The average Bonchev–Trinajstić information content (AvgIpc) is 2.95. The summed E-state index contributed by atoms with van der Waals surface area (Å²) in [5, 5.41) is 5.26. The summed E-state index contributed by atoms with van der Waals surface area (Å²) in [5.41, 5.74) is 1.43. The Morgan fingerprint density at radius 2 is 2.00 bits per heavy atom. The highest BCUT2D eigenvalue weighted by Crippen LogP contribution is 2.21. The molecule has 0 radical (unpaired) electrons. The number of hydrogen-bond acceptors (Lipinski definition) is 5. The normalized spacial score (nSPS) is 16.2. The van der Waals surface area contributed by atoms with E-state index in [1.165, 1.54) is 7.11 Å². The van der Waals surface area contributed by atoms with Gasteiger partial charge in [-0.1, -0.05) is 24.3 Å². The van der Waals surface area contributed by atoms with Crippen molar-refractivity contribution in [2.45, 2.75) is 25.6 Å². The Kier molecular flexibility index (Phi) is 5.65. The van der Waals surface area contributed by atoms with Crippen LogP contribution in [-0.4, -0.2) is 40.9 Å². The van der Waals surface area contributed by atoms with Crippen LogP contribution in [0.4, 0.5) is 4.79 Å². The third-order valence-electron chi connectivity index (χ3n) is 4.21. The summed E-state index contributed by atoms with van der Waals surface area (Å²) in [6, 6.07) is 11.2. The molecule has 1 aromatic heterocycles. The van der Waals surface area contributed by atoms with E-state index in [1.807, 2.05) is 12.1 Å². The van der Waals surface area contributed by atoms with Gasteiger partial charge < -0.3 is 15.4 Å². The predicted molar refractivity (Wildman–Crippen MR) is 96.6 cm³/mol. The zero-order valence-corrected chi connectivity index (χ0v) is 14.8. The number of carbonyl (C=O) groups is 3. The summed E-state index contributed by atoms with van der Waals surface area (Å²) in [5.74, 6) is -0.174. The molecule has 1 fully saturated rings. The van der Waals surface area contributed by atoms with Gasteiger partial charge in [0.15, 0.2) is 0 Å². The lowest BCUT2D eigenvalue weighted by atomic mass is 10.1. The van der Waals surface area contributed by atoms with Crippen LogP contribution in [0.1, 0.15) is 17.7 Å². The zero-order chi connectivity index (χ0) is 19.2. The third kappa shape index (κ3) is 4.41. The van der Waals surface area contributed by atoms with E-state index in [4.69, 9.17) is 4.74 Å². The van der Waals surface area contributed by atoms with Crippen molar-refractivity contribution >= 4 is 17.8 Å². The van der Waals surface area contributed by atoms with Crippen molar-refractivity contribution in [3.05, 3.63) is 59.9 Å². The fraction of sp³-hybridized carbons (Fsp3) is 0.263. The fourth-order valence-electron chi connectivity index (χ4n) is 2.82. The number of rotatable bonds is 7. The van der Waals surface area contributed by atoms with E-state index in [1.54, 1.807) is 36.5 Å². The summed E-state index contributed by atoms with van der Waals surface area (Å²) in [7, 11) is 1.53. The molecule has 0 unspecified atom stereocenters.